The highest BCUT2D eigenvalue weighted by molar-refractivity contribution is 7.07. The average Bonchev–Trinajstić information content (AvgIpc) is 3.29. The van der Waals surface area contributed by atoms with Crippen molar-refractivity contribution in [2.24, 2.45) is 16.6 Å². The molecular weight excluding hydrogens is 390 g/mol. The predicted octanol–water partition coefficient (Wildman–Crippen LogP) is 1.43. The van der Waals surface area contributed by atoms with E-state index in [0.717, 1.165) is 5.56 Å². The number of fused-ring (bicyclic) bond motifs is 6. The number of thiazole rings is 1. The van der Waals surface area contributed by atoms with Crippen LogP contribution in [-0.2, 0) is 4.79 Å². The largest absolute Gasteiger partial charge is 0.465 e. The van der Waals surface area contributed by atoms with Gasteiger partial charge in [-0.05, 0) is 37.3 Å². The van der Waals surface area contributed by atoms with E-state index in [2.05, 4.69) is 4.99 Å². The lowest BCUT2D eigenvalue weighted by molar-refractivity contribution is -0.133. The molecule has 0 radical (unpaired) electrons. The quantitative estimate of drug-likeness (QED) is 0.710. The third-order valence-electron chi connectivity index (χ3n) is 5.24. The van der Waals surface area contributed by atoms with Gasteiger partial charge >= 0.3 is 0 Å². The molecule has 0 aliphatic carbocycles. The van der Waals surface area contributed by atoms with Gasteiger partial charge in [0.05, 0.1) is 16.8 Å². The molecule has 2 N–H and O–H groups in total. The minimum absolute atomic E-state index is 0.215. The Kier molecular flexibility index (Phi) is 3.85. The van der Waals surface area contributed by atoms with Crippen molar-refractivity contribution in [2.75, 3.05) is 0 Å². The Morgan fingerprint density at radius 1 is 1.31 bits per heavy atom. The number of nitrogens with zero attached hydrogens (tertiary/aromatic N) is 2. The van der Waals surface area contributed by atoms with Crippen LogP contribution < -0.4 is 25.4 Å². The molecule has 0 saturated carbocycles. The van der Waals surface area contributed by atoms with Gasteiger partial charge in [0.1, 0.15) is 17.4 Å². The first kappa shape index (κ1) is 17.7. The Morgan fingerprint density at radius 2 is 2.14 bits per heavy atom. The number of primary amides is 1. The number of carbonyl (C=O) groups is 1. The molecular formula is C21H17N3O4S. The molecule has 1 aromatic carbocycles. The zero-order valence-electron chi connectivity index (χ0n) is 15.4. The number of nitrogens with two attached hydrogens (primary N) is 1. The van der Waals surface area contributed by atoms with Gasteiger partial charge in [-0.1, -0.05) is 35.6 Å². The second-order valence-electron chi connectivity index (χ2n) is 7.10. The number of allylic oxidation sites excluding steroid dienone is 1. The number of amides is 1. The minimum Gasteiger partial charge on any atom is -0.465 e. The second-order valence-corrected chi connectivity index (χ2v) is 8.11. The maximum absolute atomic E-state index is 13.2. The summed E-state index contributed by atoms with van der Waals surface area (Å²) in [6.45, 7) is 1.74. The fourth-order valence-electron chi connectivity index (χ4n) is 4.01. The molecule has 1 amide bonds. The van der Waals surface area contributed by atoms with Crippen LogP contribution in [0.15, 0.2) is 62.9 Å². The van der Waals surface area contributed by atoms with Crippen LogP contribution in [0.3, 0.4) is 0 Å². The molecule has 3 atom stereocenters. The molecule has 2 aliphatic heterocycles. The molecule has 0 fully saturated rings. The van der Waals surface area contributed by atoms with E-state index >= 15 is 0 Å². The Labute approximate surface area is 169 Å². The Bertz CT molecular complexity index is 1320. The number of hydrogen-bond donors (Lipinski definition) is 1. The summed E-state index contributed by atoms with van der Waals surface area (Å²) in [5.74, 6) is -0.0495. The zero-order valence-corrected chi connectivity index (χ0v) is 16.3. The molecule has 0 saturated heterocycles. The highest BCUT2D eigenvalue weighted by Gasteiger charge is 2.54. The van der Waals surface area contributed by atoms with Crippen molar-refractivity contribution in [3.8, 4) is 5.75 Å². The van der Waals surface area contributed by atoms with Gasteiger partial charge in [0.15, 0.2) is 4.80 Å². The van der Waals surface area contributed by atoms with E-state index in [1.807, 2.05) is 30.3 Å². The number of carbonyl (C=O) groups excluding carboxylic acids is 1. The Hall–Kier alpha value is -3.39. The average molecular weight is 407 g/mol. The number of aromatic nitrogens is 1. The highest BCUT2D eigenvalue weighted by Crippen LogP contribution is 2.46. The standard InChI is InChI=1S/C21H17N3O4S/c1-21-16(18(22)25)17(13-8-2-3-9-14(13)28-21)24-19(26)15(29-20(24)23-21)10-4-6-12-7-5-11-27-12/h2-11,16-17H,1H3,(H2,22,25)/b6-4+,15-10-/t16-,17-,21-/m1/s1. The summed E-state index contributed by atoms with van der Waals surface area (Å²) in [5, 5.41) is 0. The summed E-state index contributed by atoms with van der Waals surface area (Å²) in [6, 6.07) is 10.4. The number of benzene rings is 1. The van der Waals surface area contributed by atoms with E-state index in [-0.39, 0.29) is 5.56 Å². The maximum Gasteiger partial charge on any atom is 0.270 e. The van der Waals surface area contributed by atoms with E-state index in [4.69, 9.17) is 14.9 Å². The van der Waals surface area contributed by atoms with E-state index in [1.165, 1.54) is 11.3 Å². The molecule has 146 valence electrons. The van der Waals surface area contributed by atoms with Crippen molar-refractivity contribution in [3.63, 3.8) is 0 Å². The van der Waals surface area contributed by atoms with Crippen LogP contribution in [0.4, 0.5) is 0 Å². The first-order valence-corrected chi connectivity index (χ1v) is 9.90. The third kappa shape index (κ3) is 2.67. The molecule has 29 heavy (non-hydrogen) atoms. The molecule has 2 aliphatic rings. The SMILES string of the molecule is C[C@@]12N=c3s/c(=C\C=C\c4ccco4)c(=O)n3[C@H](c3ccccc3O1)[C@@H]2C(N)=O. The first-order chi connectivity index (χ1) is 14.0. The Balaban J connectivity index is 1.72. The summed E-state index contributed by atoms with van der Waals surface area (Å²) in [7, 11) is 0. The van der Waals surface area contributed by atoms with Crippen LogP contribution in [0.2, 0.25) is 0 Å². The predicted molar refractivity (Wildman–Crippen MR) is 108 cm³/mol. The van der Waals surface area contributed by atoms with Gasteiger partial charge < -0.3 is 14.9 Å². The van der Waals surface area contributed by atoms with Gasteiger partial charge in [-0.2, -0.15) is 0 Å². The lowest BCUT2D eigenvalue weighted by atomic mass is 9.81. The number of furan rings is 1. The number of ether oxygens (including phenoxy) is 1. The molecule has 2 aromatic heterocycles. The lowest BCUT2D eigenvalue weighted by Gasteiger charge is -2.44. The van der Waals surface area contributed by atoms with Crippen molar-refractivity contribution in [1.29, 1.82) is 0 Å². The fraction of sp³-hybridized carbons (Fsp3) is 0.190. The number of rotatable bonds is 3. The van der Waals surface area contributed by atoms with Gasteiger partial charge in [0.25, 0.3) is 5.56 Å². The van der Waals surface area contributed by atoms with E-state index < -0.39 is 23.6 Å². The normalized spacial score (nSPS) is 25.2. The Morgan fingerprint density at radius 3 is 2.90 bits per heavy atom. The fourth-order valence-corrected chi connectivity index (χ4v) is 5.06. The molecule has 2 bridgehead atoms. The summed E-state index contributed by atoms with van der Waals surface area (Å²) >= 11 is 1.26. The summed E-state index contributed by atoms with van der Waals surface area (Å²) in [5.41, 5.74) is 5.10. The lowest BCUT2D eigenvalue weighted by Crippen LogP contribution is -2.59. The highest BCUT2D eigenvalue weighted by atomic mass is 32.1. The van der Waals surface area contributed by atoms with Gasteiger partial charge in [0.2, 0.25) is 11.6 Å². The van der Waals surface area contributed by atoms with Crippen LogP contribution in [0.25, 0.3) is 12.2 Å². The summed E-state index contributed by atoms with van der Waals surface area (Å²) < 4.78 is 13.4. The molecule has 5 rings (SSSR count). The number of para-hydroxylation sites is 1. The maximum atomic E-state index is 13.2. The van der Waals surface area contributed by atoms with Gasteiger partial charge in [0, 0.05) is 5.56 Å². The monoisotopic (exact) mass is 407 g/mol. The first-order valence-electron chi connectivity index (χ1n) is 9.08. The van der Waals surface area contributed by atoms with Crippen molar-refractivity contribution < 1.29 is 13.9 Å². The van der Waals surface area contributed by atoms with Crippen LogP contribution in [0, 0.1) is 5.92 Å². The van der Waals surface area contributed by atoms with Gasteiger partial charge in [-0.15, -0.1) is 0 Å². The second kappa shape index (κ2) is 6.31. The molecule has 3 aromatic rings. The summed E-state index contributed by atoms with van der Waals surface area (Å²) in [4.78, 5) is 30.7. The van der Waals surface area contributed by atoms with Crippen LogP contribution in [-0.4, -0.2) is 16.2 Å². The minimum atomic E-state index is -1.16. The third-order valence-corrected chi connectivity index (χ3v) is 6.24. The molecule has 0 unspecified atom stereocenters. The van der Waals surface area contributed by atoms with Crippen molar-refractivity contribution >= 4 is 29.4 Å². The zero-order chi connectivity index (χ0) is 20.2. The molecule has 4 heterocycles. The van der Waals surface area contributed by atoms with Gasteiger partial charge in [-0.3, -0.25) is 14.2 Å². The van der Waals surface area contributed by atoms with E-state index in [9.17, 15) is 9.59 Å². The molecule has 7 nitrogen and oxygen atoms in total. The van der Waals surface area contributed by atoms with Crippen molar-refractivity contribution in [2.45, 2.75) is 18.7 Å². The van der Waals surface area contributed by atoms with Crippen molar-refractivity contribution in [1.82, 2.24) is 4.57 Å². The van der Waals surface area contributed by atoms with Crippen LogP contribution in [0.1, 0.15) is 24.3 Å². The number of hydrogen-bond acceptors (Lipinski definition) is 6. The van der Waals surface area contributed by atoms with Crippen LogP contribution in [0.5, 0.6) is 5.75 Å². The smallest absolute Gasteiger partial charge is 0.270 e. The van der Waals surface area contributed by atoms with E-state index in [0.29, 0.717) is 20.8 Å². The van der Waals surface area contributed by atoms with Gasteiger partial charge in [-0.25, -0.2) is 4.99 Å². The molecule has 0 spiro atoms. The topological polar surface area (TPSA) is 99.8 Å². The van der Waals surface area contributed by atoms with Crippen LogP contribution >= 0.6 is 11.3 Å². The van der Waals surface area contributed by atoms with Crippen molar-refractivity contribution in [3.05, 3.63) is 79.7 Å². The molecule has 8 heteroatoms. The van der Waals surface area contributed by atoms with E-state index in [1.54, 1.807) is 42.0 Å². The summed E-state index contributed by atoms with van der Waals surface area (Å²) in [6.07, 6.45) is 6.82.